The molecule has 140 valence electrons. The minimum atomic E-state index is 0.0297. The summed E-state index contributed by atoms with van der Waals surface area (Å²) >= 11 is 0. The van der Waals surface area contributed by atoms with Crippen molar-refractivity contribution in [3.05, 3.63) is 11.9 Å². The van der Waals surface area contributed by atoms with E-state index in [0.29, 0.717) is 45.0 Å². The van der Waals surface area contributed by atoms with Crippen LogP contribution in [0, 0.1) is 5.41 Å². The fourth-order valence-corrected chi connectivity index (χ4v) is 1.83. The van der Waals surface area contributed by atoms with E-state index in [2.05, 4.69) is 51.9 Å². The molecule has 0 saturated heterocycles. The summed E-state index contributed by atoms with van der Waals surface area (Å²) in [4.78, 5) is 0. The zero-order chi connectivity index (χ0) is 18.1. The van der Waals surface area contributed by atoms with E-state index in [1.165, 1.54) is 0 Å². The molecule has 0 saturated carbocycles. The maximum Gasteiger partial charge on any atom is 0.0880 e. The van der Waals surface area contributed by atoms with Gasteiger partial charge in [0, 0.05) is 18.2 Å². The molecule has 0 amide bonds. The molecule has 0 spiro atoms. The Morgan fingerprint density at radius 1 is 0.833 bits per heavy atom. The topological polar surface area (TPSA) is 58.4 Å². The molecule has 0 aliphatic heterocycles. The van der Waals surface area contributed by atoms with Crippen LogP contribution in [0.15, 0.2) is 6.20 Å². The van der Waals surface area contributed by atoms with Crippen molar-refractivity contribution in [3.63, 3.8) is 0 Å². The Labute approximate surface area is 146 Å². The zero-order valence-electron chi connectivity index (χ0n) is 16.3. The van der Waals surface area contributed by atoms with Crippen LogP contribution in [0.1, 0.15) is 53.7 Å². The van der Waals surface area contributed by atoms with Crippen LogP contribution < -0.4 is 0 Å². The molecule has 0 radical (unpaired) electrons. The standard InChI is InChI=1S/C18H35N3O3/c1-17(2,3)7-9-22-11-13-24-14-12-23-10-8-21-15-16(19-20-21)18(4,5)6/h15H,7-14H2,1-6H3. The quantitative estimate of drug-likeness (QED) is 0.579. The first kappa shape index (κ1) is 21.1. The molecule has 0 aliphatic rings. The highest BCUT2D eigenvalue weighted by atomic mass is 16.5. The molecule has 0 fully saturated rings. The van der Waals surface area contributed by atoms with Crippen LogP contribution in [0.2, 0.25) is 0 Å². The largest absolute Gasteiger partial charge is 0.379 e. The second-order valence-electron chi connectivity index (χ2n) is 8.26. The second kappa shape index (κ2) is 10.1. The van der Waals surface area contributed by atoms with Gasteiger partial charge in [-0.3, -0.25) is 0 Å². The summed E-state index contributed by atoms with van der Waals surface area (Å²) in [5.74, 6) is 0. The van der Waals surface area contributed by atoms with Crippen molar-refractivity contribution in [1.29, 1.82) is 0 Å². The van der Waals surface area contributed by atoms with Gasteiger partial charge >= 0.3 is 0 Å². The molecule has 0 atom stereocenters. The van der Waals surface area contributed by atoms with Gasteiger partial charge in [-0.05, 0) is 11.8 Å². The monoisotopic (exact) mass is 341 g/mol. The number of aromatic nitrogens is 3. The molecule has 1 aromatic rings. The van der Waals surface area contributed by atoms with Crippen molar-refractivity contribution in [3.8, 4) is 0 Å². The molecule has 1 heterocycles. The average Bonchev–Trinajstić information content (AvgIpc) is 2.92. The third-order valence-electron chi connectivity index (χ3n) is 3.51. The highest BCUT2D eigenvalue weighted by Gasteiger charge is 2.17. The van der Waals surface area contributed by atoms with E-state index in [-0.39, 0.29) is 5.41 Å². The van der Waals surface area contributed by atoms with Crippen LogP contribution in [0.3, 0.4) is 0 Å². The van der Waals surface area contributed by atoms with Gasteiger partial charge in [0.1, 0.15) is 0 Å². The summed E-state index contributed by atoms with van der Waals surface area (Å²) in [6, 6.07) is 0. The van der Waals surface area contributed by atoms with E-state index in [9.17, 15) is 0 Å². The normalized spacial score (nSPS) is 12.8. The van der Waals surface area contributed by atoms with Crippen LogP contribution in [0.4, 0.5) is 0 Å². The number of hydrogen-bond acceptors (Lipinski definition) is 5. The molecular weight excluding hydrogens is 306 g/mol. The van der Waals surface area contributed by atoms with Gasteiger partial charge in [-0.25, -0.2) is 4.68 Å². The summed E-state index contributed by atoms with van der Waals surface area (Å²) in [6.07, 6.45) is 3.05. The van der Waals surface area contributed by atoms with Crippen molar-refractivity contribution < 1.29 is 14.2 Å². The lowest BCUT2D eigenvalue weighted by molar-refractivity contribution is 0.00881. The highest BCUT2D eigenvalue weighted by Crippen LogP contribution is 2.18. The van der Waals surface area contributed by atoms with E-state index in [0.717, 1.165) is 18.7 Å². The lowest BCUT2D eigenvalue weighted by Gasteiger charge is -2.17. The van der Waals surface area contributed by atoms with Crippen LogP contribution in [0.5, 0.6) is 0 Å². The molecule has 0 aliphatic carbocycles. The smallest absolute Gasteiger partial charge is 0.0880 e. The molecule has 6 heteroatoms. The van der Waals surface area contributed by atoms with Crippen LogP contribution in [-0.4, -0.2) is 54.6 Å². The average molecular weight is 341 g/mol. The first-order valence-corrected chi connectivity index (χ1v) is 8.82. The van der Waals surface area contributed by atoms with Gasteiger partial charge in [-0.15, -0.1) is 5.10 Å². The van der Waals surface area contributed by atoms with Gasteiger partial charge in [0.05, 0.1) is 45.3 Å². The molecule has 0 bridgehead atoms. The molecule has 0 aromatic carbocycles. The summed E-state index contributed by atoms with van der Waals surface area (Å²) in [7, 11) is 0. The van der Waals surface area contributed by atoms with Crippen molar-refractivity contribution in [2.24, 2.45) is 5.41 Å². The summed E-state index contributed by atoms with van der Waals surface area (Å²) in [5.41, 5.74) is 1.35. The van der Waals surface area contributed by atoms with Gasteiger partial charge in [-0.1, -0.05) is 46.8 Å². The van der Waals surface area contributed by atoms with Crippen LogP contribution in [-0.2, 0) is 26.2 Å². The van der Waals surface area contributed by atoms with Crippen molar-refractivity contribution in [2.75, 3.05) is 39.6 Å². The maximum atomic E-state index is 5.55. The number of nitrogens with zero attached hydrogens (tertiary/aromatic N) is 3. The van der Waals surface area contributed by atoms with E-state index in [1.54, 1.807) is 0 Å². The van der Waals surface area contributed by atoms with E-state index >= 15 is 0 Å². The summed E-state index contributed by atoms with van der Waals surface area (Å²) in [6.45, 7) is 17.6. The number of rotatable bonds is 11. The first-order valence-electron chi connectivity index (χ1n) is 8.82. The molecule has 1 aromatic heterocycles. The molecule has 0 N–H and O–H groups in total. The summed E-state index contributed by atoms with van der Waals surface area (Å²) < 4.78 is 18.4. The Hall–Kier alpha value is -0.980. The summed E-state index contributed by atoms with van der Waals surface area (Å²) in [5, 5.41) is 8.30. The van der Waals surface area contributed by atoms with Gasteiger partial charge in [-0.2, -0.15) is 0 Å². The van der Waals surface area contributed by atoms with Gasteiger partial charge < -0.3 is 14.2 Å². The number of hydrogen-bond donors (Lipinski definition) is 0. The molecular formula is C18H35N3O3. The molecule has 0 unspecified atom stereocenters. The predicted molar refractivity (Wildman–Crippen MR) is 95.3 cm³/mol. The third-order valence-corrected chi connectivity index (χ3v) is 3.51. The molecule has 6 nitrogen and oxygen atoms in total. The fourth-order valence-electron chi connectivity index (χ4n) is 1.83. The Morgan fingerprint density at radius 3 is 1.88 bits per heavy atom. The first-order chi connectivity index (χ1) is 11.2. The fraction of sp³-hybridized carbons (Fsp3) is 0.889. The van der Waals surface area contributed by atoms with E-state index in [4.69, 9.17) is 14.2 Å². The molecule has 24 heavy (non-hydrogen) atoms. The van der Waals surface area contributed by atoms with Crippen molar-refractivity contribution in [2.45, 2.75) is 59.9 Å². The van der Waals surface area contributed by atoms with Crippen LogP contribution >= 0.6 is 0 Å². The SMILES string of the molecule is CC(C)(C)CCOCCOCCOCCn1cc(C(C)(C)C)nn1. The lowest BCUT2D eigenvalue weighted by Crippen LogP contribution is -2.14. The highest BCUT2D eigenvalue weighted by molar-refractivity contribution is 5.06. The van der Waals surface area contributed by atoms with Crippen molar-refractivity contribution >= 4 is 0 Å². The minimum Gasteiger partial charge on any atom is -0.379 e. The predicted octanol–water partition coefficient (Wildman–Crippen LogP) is 3.06. The third kappa shape index (κ3) is 10.0. The zero-order valence-corrected chi connectivity index (χ0v) is 16.3. The Bertz CT molecular complexity index is 447. The lowest BCUT2D eigenvalue weighted by atomic mass is 9.93. The van der Waals surface area contributed by atoms with Crippen molar-refractivity contribution in [1.82, 2.24) is 15.0 Å². The molecule has 1 rings (SSSR count). The second-order valence-corrected chi connectivity index (χ2v) is 8.26. The minimum absolute atomic E-state index is 0.0297. The van der Waals surface area contributed by atoms with E-state index in [1.807, 2.05) is 10.9 Å². The Kier molecular flexibility index (Phi) is 8.87. The maximum absolute atomic E-state index is 5.55. The Balaban J connectivity index is 1.93. The van der Waals surface area contributed by atoms with Gasteiger partial charge in [0.2, 0.25) is 0 Å². The van der Waals surface area contributed by atoms with Gasteiger partial charge in [0.25, 0.3) is 0 Å². The van der Waals surface area contributed by atoms with Gasteiger partial charge in [0.15, 0.2) is 0 Å². The number of ether oxygens (including phenoxy) is 3. The van der Waals surface area contributed by atoms with E-state index < -0.39 is 0 Å². The van der Waals surface area contributed by atoms with Crippen LogP contribution in [0.25, 0.3) is 0 Å². The Morgan fingerprint density at radius 2 is 1.38 bits per heavy atom.